The Kier molecular flexibility index (Phi) is 5.19. The number of aromatic nitrogens is 3. The first-order valence-electron chi connectivity index (χ1n) is 8.57. The summed E-state index contributed by atoms with van der Waals surface area (Å²) < 4.78 is 28.4. The zero-order valence-corrected chi connectivity index (χ0v) is 16.4. The van der Waals surface area contributed by atoms with E-state index in [1.807, 2.05) is 13.8 Å². The van der Waals surface area contributed by atoms with Gasteiger partial charge < -0.3 is 5.11 Å². The van der Waals surface area contributed by atoms with Crippen molar-refractivity contribution in [1.82, 2.24) is 15.2 Å². The molecular weight excluding hydrogens is 380 g/mol. The van der Waals surface area contributed by atoms with Crippen LogP contribution in [0, 0.1) is 6.92 Å². The van der Waals surface area contributed by atoms with Gasteiger partial charge in [0.05, 0.1) is 16.1 Å². The van der Waals surface area contributed by atoms with Gasteiger partial charge in [-0.3, -0.25) is 9.82 Å². The van der Waals surface area contributed by atoms with E-state index in [1.54, 1.807) is 31.2 Å². The Balaban J connectivity index is 2.02. The molecule has 3 rings (SSSR count). The normalized spacial score (nSPS) is 11.6. The fourth-order valence-electron chi connectivity index (χ4n) is 2.64. The van der Waals surface area contributed by atoms with Crippen LogP contribution < -0.4 is 4.72 Å². The number of hydrogen-bond donors (Lipinski definition) is 3. The first kappa shape index (κ1) is 19.6. The van der Waals surface area contributed by atoms with E-state index in [0.717, 1.165) is 6.07 Å². The molecule has 0 spiro atoms. The van der Waals surface area contributed by atoms with Crippen molar-refractivity contribution in [1.29, 1.82) is 0 Å². The molecule has 1 aromatic heterocycles. The summed E-state index contributed by atoms with van der Waals surface area (Å²) in [4.78, 5) is 15.5. The molecule has 0 bridgehead atoms. The molecular formula is C19H20N4O4S. The first-order chi connectivity index (χ1) is 13.2. The van der Waals surface area contributed by atoms with Crippen molar-refractivity contribution < 1.29 is 18.3 Å². The lowest BCUT2D eigenvalue weighted by atomic mass is 10.1. The highest BCUT2D eigenvalue weighted by Gasteiger charge is 2.21. The predicted molar refractivity (Wildman–Crippen MR) is 105 cm³/mol. The number of para-hydroxylation sites is 1. The number of carboxylic acids is 1. The van der Waals surface area contributed by atoms with Crippen molar-refractivity contribution in [3.8, 4) is 11.4 Å². The van der Waals surface area contributed by atoms with Crippen molar-refractivity contribution in [3.63, 3.8) is 0 Å². The number of benzene rings is 2. The number of nitrogens with zero attached hydrogens (tertiary/aromatic N) is 2. The zero-order valence-electron chi connectivity index (χ0n) is 15.6. The lowest BCUT2D eigenvalue weighted by Gasteiger charge is -2.13. The highest BCUT2D eigenvalue weighted by atomic mass is 32.2. The minimum atomic E-state index is -4.02. The molecule has 0 radical (unpaired) electrons. The number of H-pyrrole nitrogens is 1. The number of carboxylic acid groups (broad SMARTS) is 1. The monoisotopic (exact) mass is 400 g/mol. The van der Waals surface area contributed by atoms with E-state index >= 15 is 0 Å². The SMILES string of the molecule is Cc1ccc(C(=O)O)cc1S(=O)(=O)Nc1ccccc1-c1n[nH]c(C(C)C)n1. The van der Waals surface area contributed by atoms with Crippen LogP contribution in [0.25, 0.3) is 11.4 Å². The Morgan fingerprint density at radius 3 is 2.54 bits per heavy atom. The third-order valence-electron chi connectivity index (χ3n) is 4.19. The fraction of sp³-hybridized carbons (Fsp3) is 0.211. The van der Waals surface area contributed by atoms with Crippen LogP contribution >= 0.6 is 0 Å². The molecule has 0 saturated carbocycles. The number of aromatic amines is 1. The summed E-state index contributed by atoms with van der Waals surface area (Å²) in [6.45, 7) is 5.55. The molecule has 0 aliphatic carbocycles. The first-order valence-corrected chi connectivity index (χ1v) is 10.1. The van der Waals surface area contributed by atoms with Crippen LogP contribution in [-0.2, 0) is 10.0 Å². The lowest BCUT2D eigenvalue weighted by Crippen LogP contribution is -2.16. The standard InChI is InChI=1S/C19H20N4O4S/c1-11(2)17-20-18(22-21-17)14-6-4-5-7-15(14)23-28(26,27)16-10-13(19(24)25)9-8-12(16)3/h4-11,23H,1-3H3,(H,24,25)(H,20,21,22). The topological polar surface area (TPSA) is 125 Å². The fourth-order valence-corrected chi connectivity index (χ4v) is 3.99. The summed E-state index contributed by atoms with van der Waals surface area (Å²) in [5.41, 5.74) is 1.16. The van der Waals surface area contributed by atoms with E-state index in [-0.39, 0.29) is 16.4 Å². The van der Waals surface area contributed by atoms with Gasteiger partial charge in [0.25, 0.3) is 10.0 Å². The van der Waals surface area contributed by atoms with Crippen molar-refractivity contribution >= 4 is 21.7 Å². The molecule has 0 amide bonds. The van der Waals surface area contributed by atoms with E-state index < -0.39 is 16.0 Å². The van der Waals surface area contributed by atoms with Crippen LogP contribution in [0.15, 0.2) is 47.4 Å². The second kappa shape index (κ2) is 7.43. The van der Waals surface area contributed by atoms with Gasteiger partial charge in [0, 0.05) is 11.5 Å². The molecule has 9 heteroatoms. The van der Waals surface area contributed by atoms with Gasteiger partial charge in [0.2, 0.25) is 0 Å². The molecule has 0 unspecified atom stereocenters. The van der Waals surface area contributed by atoms with E-state index in [2.05, 4.69) is 19.9 Å². The van der Waals surface area contributed by atoms with E-state index in [4.69, 9.17) is 5.11 Å². The molecule has 0 fully saturated rings. The van der Waals surface area contributed by atoms with Crippen molar-refractivity contribution in [2.45, 2.75) is 31.6 Å². The lowest BCUT2D eigenvalue weighted by molar-refractivity contribution is 0.0696. The number of hydrogen-bond acceptors (Lipinski definition) is 5. The van der Waals surface area contributed by atoms with Gasteiger partial charge in [0.1, 0.15) is 5.82 Å². The molecule has 1 heterocycles. The Hall–Kier alpha value is -3.20. The smallest absolute Gasteiger partial charge is 0.335 e. The number of anilines is 1. The summed E-state index contributed by atoms with van der Waals surface area (Å²) in [7, 11) is -4.02. The van der Waals surface area contributed by atoms with Crippen molar-refractivity contribution in [2.75, 3.05) is 4.72 Å². The molecule has 0 atom stereocenters. The maximum Gasteiger partial charge on any atom is 0.335 e. The highest BCUT2D eigenvalue weighted by Crippen LogP contribution is 2.29. The average Bonchev–Trinajstić information content (AvgIpc) is 3.12. The van der Waals surface area contributed by atoms with Crippen LogP contribution in [0.1, 0.15) is 41.5 Å². The highest BCUT2D eigenvalue weighted by molar-refractivity contribution is 7.92. The Labute approximate surface area is 162 Å². The third-order valence-corrected chi connectivity index (χ3v) is 5.69. The maximum absolute atomic E-state index is 12.9. The van der Waals surface area contributed by atoms with Gasteiger partial charge in [-0.15, -0.1) is 0 Å². The molecule has 3 aromatic rings. The van der Waals surface area contributed by atoms with Crippen LogP contribution in [0.4, 0.5) is 5.69 Å². The molecule has 2 aromatic carbocycles. The van der Waals surface area contributed by atoms with Crippen LogP contribution in [0.5, 0.6) is 0 Å². The van der Waals surface area contributed by atoms with Gasteiger partial charge in [-0.05, 0) is 36.8 Å². The van der Waals surface area contributed by atoms with Crippen molar-refractivity contribution in [2.24, 2.45) is 0 Å². The number of sulfonamides is 1. The van der Waals surface area contributed by atoms with Gasteiger partial charge in [-0.2, -0.15) is 5.10 Å². The average molecular weight is 400 g/mol. The van der Waals surface area contributed by atoms with Crippen molar-refractivity contribution in [3.05, 3.63) is 59.4 Å². The summed E-state index contributed by atoms with van der Waals surface area (Å²) in [5.74, 6) is 0.0148. The molecule has 0 aliphatic rings. The summed E-state index contributed by atoms with van der Waals surface area (Å²) in [5, 5.41) is 16.2. The summed E-state index contributed by atoms with van der Waals surface area (Å²) in [6.07, 6.45) is 0. The second-order valence-electron chi connectivity index (χ2n) is 6.64. The third kappa shape index (κ3) is 3.89. The number of aryl methyl sites for hydroxylation is 1. The molecule has 28 heavy (non-hydrogen) atoms. The number of nitrogens with one attached hydrogen (secondary N) is 2. The Bertz CT molecular complexity index is 1140. The largest absolute Gasteiger partial charge is 0.478 e. The Morgan fingerprint density at radius 1 is 1.18 bits per heavy atom. The maximum atomic E-state index is 12.9. The van der Waals surface area contributed by atoms with E-state index in [9.17, 15) is 13.2 Å². The van der Waals surface area contributed by atoms with E-state index in [1.165, 1.54) is 12.1 Å². The molecule has 3 N–H and O–H groups in total. The molecule has 146 valence electrons. The van der Waals surface area contributed by atoms with Crippen LogP contribution in [0.2, 0.25) is 0 Å². The summed E-state index contributed by atoms with van der Waals surface area (Å²) in [6, 6.07) is 10.7. The minimum Gasteiger partial charge on any atom is -0.478 e. The molecule has 0 saturated heterocycles. The number of rotatable bonds is 6. The van der Waals surface area contributed by atoms with Gasteiger partial charge in [0.15, 0.2) is 5.82 Å². The van der Waals surface area contributed by atoms with Gasteiger partial charge in [-0.1, -0.05) is 32.0 Å². The van der Waals surface area contributed by atoms with Crippen LogP contribution in [0.3, 0.4) is 0 Å². The zero-order chi connectivity index (χ0) is 20.5. The Morgan fingerprint density at radius 2 is 1.89 bits per heavy atom. The number of aromatic carboxylic acids is 1. The predicted octanol–water partition coefficient (Wildman–Crippen LogP) is 3.40. The minimum absolute atomic E-state index is 0.0972. The number of carbonyl (C=O) groups is 1. The molecule has 0 aliphatic heterocycles. The van der Waals surface area contributed by atoms with Gasteiger partial charge >= 0.3 is 5.97 Å². The summed E-state index contributed by atoms with van der Waals surface area (Å²) >= 11 is 0. The molecule has 8 nitrogen and oxygen atoms in total. The quantitative estimate of drug-likeness (QED) is 0.582. The van der Waals surface area contributed by atoms with E-state index in [0.29, 0.717) is 28.5 Å². The second-order valence-corrected chi connectivity index (χ2v) is 8.29. The van der Waals surface area contributed by atoms with Gasteiger partial charge in [-0.25, -0.2) is 18.2 Å². The van der Waals surface area contributed by atoms with Crippen LogP contribution in [-0.4, -0.2) is 34.7 Å².